The molecule has 0 aliphatic rings. The van der Waals surface area contributed by atoms with Crippen molar-refractivity contribution in [2.24, 2.45) is 11.7 Å². The predicted molar refractivity (Wildman–Crippen MR) is 152 cm³/mol. The summed E-state index contributed by atoms with van der Waals surface area (Å²) in [7, 11) is 0. The number of carbonyl (C=O) groups is 4. The predicted octanol–water partition coefficient (Wildman–Crippen LogP) is 5.88. The van der Waals surface area contributed by atoms with Crippen LogP contribution in [0.5, 0.6) is 11.5 Å². The lowest BCUT2D eigenvalue weighted by atomic mass is 10.1. The molecule has 11 nitrogen and oxygen atoms in total. The Morgan fingerprint density at radius 3 is 1.95 bits per heavy atom. The average molecular weight is 582 g/mol. The monoisotopic (exact) mass is 581 g/mol. The maximum Gasteiger partial charge on any atom is 0.513 e. The van der Waals surface area contributed by atoms with E-state index in [1.54, 1.807) is 13.0 Å². The van der Waals surface area contributed by atoms with Crippen LogP contribution in [-0.4, -0.2) is 56.2 Å². The van der Waals surface area contributed by atoms with Gasteiger partial charge in [0.25, 0.3) is 0 Å². The van der Waals surface area contributed by atoms with E-state index in [4.69, 9.17) is 34.2 Å². The third kappa shape index (κ3) is 15.9. The smallest absolute Gasteiger partial charge is 0.462 e. The van der Waals surface area contributed by atoms with Crippen molar-refractivity contribution in [2.45, 2.75) is 105 Å². The van der Waals surface area contributed by atoms with Crippen molar-refractivity contribution in [3.05, 3.63) is 23.8 Å². The van der Waals surface area contributed by atoms with E-state index in [2.05, 4.69) is 0 Å². The SMILES string of the molecule is CCCCCOC(=O)Oc1ccc(C[C@H](N)C(=O)O[C@@H](C)COC(=O)CC(C)CC)cc1OC(=O)OCCCCC. The lowest BCUT2D eigenvalue weighted by molar-refractivity contribution is -0.159. The maximum absolute atomic E-state index is 12.5. The first-order chi connectivity index (χ1) is 19.6. The zero-order valence-electron chi connectivity index (χ0n) is 25.1. The Morgan fingerprint density at radius 1 is 0.805 bits per heavy atom. The molecule has 0 aliphatic carbocycles. The van der Waals surface area contributed by atoms with Gasteiger partial charge >= 0.3 is 24.2 Å². The van der Waals surface area contributed by atoms with Crippen LogP contribution in [0.3, 0.4) is 0 Å². The quantitative estimate of drug-likeness (QED) is 0.0903. The minimum Gasteiger partial charge on any atom is -0.462 e. The number of hydrogen-bond acceptors (Lipinski definition) is 11. The van der Waals surface area contributed by atoms with Crippen LogP contribution in [0.4, 0.5) is 9.59 Å². The molecule has 0 saturated carbocycles. The molecule has 0 saturated heterocycles. The molecular weight excluding hydrogens is 534 g/mol. The van der Waals surface area contributed by atoms with Gasteiger partial charge in [-0.05, 0) is 49.8 Å². The Kier molecular flexibility index (Phi) is 17.9. The zero-order valence-corrected chi connectivity index (χ0v) is 25.1. The molecule has 232 valence electrons. The molecule has 1 aromatic carbocycles. The normalized spacial score (nSPS) is 12.9. The molecule has 1 rings (SSSR count). The molecule has 1 aromatic rings. The van der Waals surface area contributed by atoms with Gasteiger partial charge in [-0.3, -0.25) is 9.59 Å². The molecule has 0 heterocycles. The van der Waals surface area contributed by atoms with Gasteiger partial charge in [-0.15, -0.1) is 0 Å². The minimum absolute atomic E-state index is 0.0308. The average Bonchev–Trinajstić information content (AvgIpc) is 2.93. The second-order valence-electron chi connectivity index (χ2n) is 10.1. The molecule has 0 aliphatic heterocycles. The van der Waals surface area contributed by atoms with Crippen LogP contribution in [0.15, 0.2) is 18.2 Å². The summed E-state index contributed by atoms with van der Waals surface area (Å²) in [5.74, 6) is -0.974. The second-order valence-corrected chi connectivity index (χ2v) is 10.1. The summed E-state index contributed by atoms with van der Waals surface area (Å²) in [6.07, 6.45) is 3.73. The molecule has 2 N–H and O–H groups in total. The highest BCUT2D eigenvalue weighted by molar-refractivity contribution is 5.76. The summed E-state index contributed by atoms with van der Waals surface area (Å²) in [5, 5.41) is 0. The largest absolute Gasteiger partial charge is 0.513 e. The molecule has 0 radical (unpaired) electrons. The maximum atomic E-state index is 12.5. The second kappa shape index (κ2) is 20.5. The van der Waals surface area contributed by atoms with Gasteiger partial charge in [0.15, 0.2) is 11.5 Å². The lowest BCUT2D eigenvalue weighted by Gasteiger charge is -2.18. The molecule has 11 heteroatoms. The van der Waals surface area contributed by atoms with Crippen molar-refractivity contribution in [2.75, 3.05) is 19.8 Å². The van der Waals surface area contributed by atoms with Gasteiger partial charge in [-0.25, -0.2) is 9.59 Å². The van der Waals surface area contributed by atoms with Gasteiger partial charge in [-0.2, -0.15) is 0 Å². The Morgan fingerprint density at radius 2 is 1.39 bits per heavy atom. The van der Waals surface area contributed by atoms with E-state index < -0.39 is 30.4 Å². The van der Waals surface area contributed by atoms with Crippen LogP contribution >= 0.6 is 0 Å². The van der Waals surface area contributed by atoms with Crippen molar-refractivity contribution >= 4 is 24.2 Å². The van der Waals surface area contributed by atoms with Crippen LogP contribution in [0.1, 0.15) is 91.5 Å². The number of nitrogens with two attached hydrogens (primary N) is 1. The number of rotatable bonds is 19. The third-order valence-electron chi connectivity index (χ3n) is 6.10. The van der Waals surface area contributed by atoms with E-state index in [1.165, 1.54) is 12.1 Å². The van der Waals surface area contributed by atoms with E-state index in [0.717, 1.165) is 32.1 Å². The summed E-state index contributed by atoms with van der Waals surface area (Å²) in [6, 6.07) is 3.37. The minimum atomic E-state index is -1.06. The third-order valence-corrected chi connectivity index (χ3v) is 6.10. The summed E-state index contributed by atoms with van der Waals surface area (Å²) in [4.78, 5) is 48.8. The highest BCUT2D eigenvalue weighted by Crippen LogP contribution is 2.30. The van der Waals surface area contributed by atoms with Crippen LogP contribution in [-0.2, 0) is 35.0 Å². The number of unbranched alkanes of at least 4 members (excludes halogenated alkanes) is 4. The van der Waals surface area contributed by atoms with E-state index in [0.29, 0.717) is 24.8 Å². The van der Waals surface area contributed by atoms with Gasteiger partial charge in [-0.1, -0.05) is 65.9 Å². The van der Waals surface area contributed by atoms with Gasteiger partial charge in [0.2, 0.25) is 0 Å². The van der Waals surface area contributed by atoms with E-state index >= 15 is 0 Å². The van der Waals surface area contributed by atoms with E-state index in [-0.39, 0.29) is 49.6 Å². The van der Waals surface area contributed by atoms with Crippen molar-refractivity contribution in [3.63, 3.8) is 0 Å². The fourth-order valence-corrected chi connectivity index (χ4v) is 3.45. The Bertz CT molecular complexity index is 951. The Labute approximate surface area is 243 Å². The van der Waals surface area contributed by atoms with Gasteiger partial charge in [0.1, 0.15) is 18.8 Å². The highest BCUT2D eigenvalue weighted by Gasteiger charge is 2.22. The first-order valence-corrected chi connectivity index (χ1v) is 14.5. The van der Waals surface area contributed by atoms with E-state index in [1.807, 2.05) is 27.7 Å². The van der Waals surface area contributed by atoms with Gasteiger partial charge < -0.3 is 34.2 Å². The number of carbonyl (C=O) groups excluding carboxylic acids is 4. The number of hydrogen-bond donors (Lipinski definition) is 1. The van der Waals surface area contributed by atoms with Gasteiger partial charge in [0, 0.05) is 6.42 Å². The van der Waals surface area contributed by atoms with Crippen molar-refractivity contribution in [1.82, 2.24) is 0 Å². The van der Waals surface area contributed by atoms with Crippen LogP contribution < -0.4 is 15.2 Å². The van der Waals surface area contributed by atoms with Crippen LogP contribution in [0.25, 0.3) is 0 Å². The topological polar surface area (TPSA) is 150 Å². The summed E-state index contributed by atoms with van der Waals surface area (Å²) in [6.45, 7) is 9.91. The Hall–Kier alpha value is -3.34. The Balaban J connectivity index is 2.81. The standard InChI is InChI=1S/C30H47NO10/c1-6-9-11-15-36-29(34)40-25-14-13-23(19-26(25)41-30(35)37-16-12-10-7-2)18-24(31)28(33)39-22(5)20-38-27(32)17-21(4)8-3/h13-14,19,21-22,24H,6-12,15-18,20,31H2,1-5H3/t21?,22-,24-/m0/s1. The molecular formula is C30H47NO10. The summed E-state index contributed by atoms with van der Waals surface area (Å²) >= 11 is 0. The number of benzene rings is 1. The molecule has 0 spiro atoms. The number of esters is 2. The molecule has 0 aromatic heterocycles. The van der Waals surface area contributed by atoms with Crippen LogP contribution in [0.2, 0.25) is 0 Å². The molecule has 0 bridgehead atoms. The highest BCUT2D eigenvalue weighted by atomic mass is 16.7. The molecule has 41 heavy (non-hydrogen) atoms. The molecule has 0 amide bonds. The fraction of sp³-hybridized carbons (Fsp3) is 0.667. The van der Waals surface area contributed by atoms with Crippen molar-refractivity contribution in [1.29, 1.82) is 0 Å². The fourth-order valence-electron chi connectivity index (χ4n) is 3.45. The molecule has 0 fully saturated rings. The number of ether oxygens (including phenoxy) is 6. The van der Waals surface area contributed by atoms with E-state index in [9.17, 15) is 19.2 Å². The summed E-state index contributed by atoms with van der Waals surface area (Å²) in [5.41, 5.74) is 6.57. The van der Waals surface area contributed by atoms with Gasteiger partial charge in [0.05, 0.1) is 13.2 Å². The molecule has 3 atom stereocenters. The molecule has 1 unspecified atom stereocenters. The van der Waals surface area contributed by atoms with Crippen LogP contribution in [0, 0.1) is 5.92 Å². The zero-order chi connectivity index (χ0) is 30.6. The van der Waals surface area contributed by atoms with Crippen molar-refractivity contribution in [3.8, 4) is 11.5 Å². The first-order valence-electron chi connectivity index (χ1n) is 14.5. The summed E-state index contributed by atoms with van der Waals surface area (Å²) < 4.78 is 31.2. The lowest BCUT2D eigenvalue weighted by Crippen LogP contribution is -2.37. The van der Waals surface area contributed by atoms with Crippen molar-refractivity contribution < 1.29 is 47.6 Å². The first kappa shape index (κ1) is 35.7.